The third kappa shape index (κ3) is 7.30. The van der Waals surface area contributed by atoms with Crippen molar-refractivity contribution >= 4 is 34.4 Å². The molecule has 2 N–H and O–H groups in total. The molecule has 1 atom stereocenters. The summed E-state index contributed by atoms with van der Waals surface area (Å²) in [6.45, 7) is 8.19. The van der Waals surface area contributed by atoms with Crippen LogP contribution in [0, 0.1) is 0 Å². The maximum absolute atomic E-state index is 13.4. The third-order valence-corrected chi connectivity index (χ3v) is 7.34. The lowest BCUT2D eigenvalue weighted by atomic mass is 10.2. The highest BCUT2D eigenvalue weighted by Crippen LogP contribution is 2.37. The summed E-state index contributed by atoms with van der Waals surface area (Å²) in [5, 5.41) is 9.91. The topological polar surface area (TPSA) is 162 Å². The minimum atomic E-state index is -4.15. The number of aliphatic imine (C=N–C) groups is 2. The van der Waals surface area contributed by atoms with Gasteiger partial charge in [-0.3, -0.25) is 14.1 Å². The summed E-state index contributed by atoms with van der Waals surface area (Å²) in [6.07, 6.45) is 0.757. The Bertz CT molecular complexity index is 1560. The number of methoxy groups -OCH3 is 2. The fourth-order valence-corrected chi connectivity index (χ4v) is 4.59. The number of para-hydroxylation sites is 1. The van der Waals surface area contributed by atoms with E-state index < -0.39 is 27.0 Å². The van der Waals surface area contributed by atoms with Crippen molar-refractivity contribution in [2.75, 3.05) is 25.5 Å². The molecule has 0 fully saturated rings. The Morgan fingerprint density at radius 2 is 1.83 bits per heavy atom. The fraction of sp³-hybridized carbons (Fsp3) is 0.308. The van der Waals surface area contributed by atoms with Gasteiger partial charge in [-0.05, 0) is 51.8 Å². The number of hydrogen-bond donors (Lipinski definition) is 2. The number of rotatable bonds is 12. The lowest BCUT2D eigenvalue weighted by molar-refractivity contribution is 0.0951. The van der Waals surface area contributed by atoms with Gasteiger partial charge in [-0.2, -0.15) is 0 Å². The van der Waals surface area contributed by atoms with Crippen LogP contribution in [0.4, 0.5) is 10.3 Å². The van der Waals surface area contributed by atoms with Gasteiger partial charge >= 0.3 is 0 Å². The van der Waals surface area contributed by atoms with Crippen molar-refractivity contribution in [3.8, 4) is 28.7 Å². The molecular formula is C26H31FN8O5S. The molecule has 13 nitrogen and oxygen atoms in total. The third-order valence-electron chi connectivity index (χ3n) is 5.64. The standard InChI is InChI=1S/C26H31FN8O5S/c1-7-29-25(36)19-11-8-10-18(31-19)24-32-33-26(35(24)23-20(39-5)12-9-13-21(23)40-6)34-41(37,38)17(3)14-22(28-4)30-15-16(2)27/h8-13,15,17H,4,7,14H2,1-3,5-6H3,(H,29,36)(H,33,34)/b16-15+,30-22-/t17-/m1/s1. The van der Waals surface area contributed by atoms with Crippen molar-refractivity contribution in [3.05, 3.63) is 54.1 Å². The number of carbonyl (C=O) groups is 1. The molecule has 2 heterocycles. The number of amides is 1. The molecule has 41 heavy (non-hydrogen) atoms. The highest BCUT2D eigenvalue weighted by atomic mass is 32.2. The second-order valence-corrected chi connectivity index (χ2v) is 10.6. The molecule has 218 valence electrons. The highest BCUT2D eigenvalue weighted by molar-refractivity contribution is 7.93. The Morgan fingerprint density at radius 3 is 2.41 bits per heavy atom. The predicted octanol–water partition coefficient (Wildman–Crippen LogP) is 3.55. The number of hydrogen-bond acceptors (Lipinski definition) is 9. The summed E-state index contributed by atoms with van der Waals surface area (Å²) in [5.74, 6) is -0.408. The zero-order valence-corrected chi connectivity index (χ0v) is 24.1. The number of pyridine rings is 1. The minimum Gasteiger partial charge on any atom is -0.494 e. The molecule has 3 aromatic rings. The van der Waals surface area contributed by atoms with E-state index in [2.05, 4.69) is 41.9 Å². The van der Waals surface area contributed by atoms with Crippen molar-refractivity contribution in [1.82, 2.24) is 25.1 Å². The number of allylic oxidation sites excluding steroid dienone is 1. The number of nitrogens with one attached hydrogen (secondary N) is 2. The Kier molecular flexibility index (Phi) is 10.2. The molecule has 0 spiro atoms. The molecule has 0 aliphatic carbocycles. The molecular weight excluding hydrogens is 555 g/mol. The van der Waals surface area contributed by atoms with E-state index in [1.54, 1.807) is 37.3 Å². The summed E-state index contributed by atoms with van der Waals surface area (Å²) in [5.41, 5.74) is 0.640. The van der Waals surface area contributed by atoms with E-state index in [-0.39, 0.29) is 41.1 Å². The molecule has 0 unspecified atom stereocenters. The van der Waals surface area contributed by atoms with Crippen molar-refractivity contribution in [2.24, 2.45) is 9.98 Å². The lowest BCUT2D eigenvalue weighted by Crippen LogP contribution is -2.28. The van der Waals surface area contributed by atoms with Gasteiger partial charge in [-0.15, -0.1) is 10.2 Å². The average molecular weight is 587 g/mol. The van der Waals surface area contributed by atoms with Crippen LogP contribution in [-0.2, 0) is 10.0 Å². The van der Waals surface area contributed by atoms with Gasteiger partial charge in [0, 0.05) is 13.0 Å². The van der Waals surface area contributed by atoms with Crippen LogP contribution in [0.5, 0.6) is 11.5 Å². The first kappa shape index (κ1) is 30.9. The second kappa shape index (κ2) is 13.6. The maximum atomic E-state index is 13.4. The van der Waals surface area contributed by atoms with Crippen LogP contribution in [0.2, 0.25) is 0 Å². The Hall–Kier alpha value is -4.66. The van der Waals surface area contributed by atoms with Crippen LogP contribution < -0.4 is 19.5 Å². The van der Waals surface area contributed by atoms with Crippen molar-refractivity contribution in [1.29, 1.82) is 0 Å². The van der Waals surface area contributed by atoms with E-state index in [0.717, 1.165) is 6.20 Å². The minimum absolute atomic E-state index is 0.0276. The number of carbonyl (C=O) groups excluding carboxylic acids is 1. The summed E-state index contributed by atoms with van der Waals surface area (Å²) in [6, 6.07) is 9.76. The predicted molar refractivity (Wildman–Crippen MR) is 154 cm³/mol. The van der Waals surface area contributed by atoms with Crippen LogP contribution in [0.25, 0.3) is 17.2 Å². The highest BCUT2D eigenvalue weighted by Gasteiger charge is 2.29. The lowest BCUT2D eigenvalue weighted by Gasteiger charge is -2.19. The molecule has 0 bridgehead atoms. The summed E-state index contributed by atoms with van der Waals surface area (Å²) in [7, 11) is -1.26. The number of anilines is 1. The number of sulfonamides is 1. The normalized spacial score (nSPS) is 12.9. The van der Waals surface area contributed by atoms with Crippen LogP contribution in [0.1, 0.15) is 37.7 Å². The number of halogens is 1. The van der Waals surface area contributed by atoms with E-state index in [1.807, 2.05) is 0 Å². The largest absolute Gasteiger partial charge is 0.494 e. The van der Waals surface area contributed by atoms with Crippen LogP contribution >= 0.6 is 0 Å². The molecule has 3 rings (SSSR count). The van der Waals surface area contributed by atoms with E-state index in [0.29, 0.717) is 18.0 Å². The first-order valence-corrected chi connectivity index (χ1v) is 13.9. The van der Waals surface area contributed by atoms with Gasteiger partial charge in [0.2, 0.25) is 16.0 Å². The molecule has 0 aliphatic rings. The fourth-order valence-electron chi connectivity index (χ4n) is 3.63. The molecule has 0 radical (unpaired) electrons. The molecule has 2 aromatic heterocycles. The van der Waals surface area contributed by atoms with Crippen LogP contribution in [0.3, 0.4) is 0 Å². The van der Waals surface area contributed by atoms with E-state index in [1.165, 1.54) is 38.7 Å². The Balaban J connectivity index is 2.17. The SMILES string of the molecule is C=N/C(C[C@@H](C)S(=O)(=O)Nc1nnc(-c2cccc(C(=O)NCC)n2)n1-c1c(OC)cccc1OC)=N\C=C(/C)F. The summed E-state index contributed by atoms with van der Waals surface area (Å²) < 4.78 is 54.9. The van der Waals surface area contributed by atoms with Gasteiger partial charge in [0.15, 0.2) is 5.82 Å². The number of benzene rings is 1. The number of nitrogens with zero attached hydrogens (tertiary/aromatic N) is 6. The first-order valence-electron chi connectivity index (χ1n) is 12.4. The monoisotopic (exact) mass is 586 g/mol. The first-order chi connectivity index (χ1) is 19.6. The second-order valence-electron chi connectivity index (χ2n) is 8.54. The van der Waals surface area contributed by atoms with Gasteiger partial charge in [-0.25, -0.2) is 27.8 Å². The number of ether oxygens (including phenoxy) is 2. The van der Waals surface area contributed by atoms with E-state index in [9.17, 15) is 17.6 Å². The Morgan fingerprint density at radius 1 is 1.17 bits per heavy atom. The van der Waals surface area contributed by atoms with Crippen molar-refractivity contribution in [2.45, 2.75) is 32.4 Å². The van der Waals surface area contributed by atoms with E-state index >= 15 is 0 Å². The van der Waals surface area contributed by atoms with Gasteiger partial charge in [0.05, 0.1) is 25.7 Å². The van der Waals surface area contributed by atoms with Crippen LogP contribution in [0.15, 0.2) is 58.4 Å². The number of aromatic nitrogens is 4. The quantitative estimate of drug-likeness (QED) is 0.241. The molecule has 0 saturated heterocycles. The van der Waals surface area contributed by atoms with Gasteiger partial charge in [0.1, 0.15) is 40.2 Å². The van der Waals surface area contributed by atoms with Gasteiger partial charge in [-0.1, -0.05) is 12.1 Å². The Labute approximate surface area is 237 Å². The smallest absolute Gasteiger partial charge is 0.269 e. The zero-order valence-electron chi connectivity index (χ0n) is 23.3. The van der Waals surface area contributed by atoms with Crippen LogP contribution in [-0.4, -0.2) is 72.6 Å². The summed E-state index contributed by atoms with van der Waals surface area (Å²) >= 11 is 0. The average Bonchev–Trinajstić information content (AvgIpc) is 3.36. The molecule has 15 heteroatoms. The molecule has 1 amide bonds. The van der Waals surface area contributed by atoms with E-state index in [4.69, 9.17) is 9.47 Å². The molecule has 0 saturated carbocycles. The summed E-state index contributed by atoms with van der Waals surface area (Å²) in [4.78, 5) is 24.4. The molecule has 1 aromatic carbocycles. The maximum Gasteiger partial charge on any atom is 0.269 e. The van der Waals surface area contributed by atoms with Crippen molar-refractivity contribution < 1.29 is 27.1 Å². The number of amidine groups is 1. The molecule has 0 aliphatic heterocycles. The van der Waals surface area contributed by atoms with Crippen molar-refractivity contribution in [3.63, 3.8) is 0 Å². The zero-order chi connectivity index (χ0) is 30.2. The van der Waals surface area contributed by atoms with Gasteiger partial charge < -0.3 is 14.8 Å². The van der Waals surface area contributed by atoms with Gasteiger partial charge in [0.25, 0.3) is 5.91 Å².